The van der Waals surface area contributed by atoms with Crippen LogP contribution >= 0.6 is 0 Å². The zero-order valence-corrected chi connectivity index (χ0v) is 15.3. The van der Waals surface area contributed by atoms with Crippen molar-refractivity contribution in [1.82, 2.24) is 15.8 Å². The number of rotatable bonds is 7. The molecule has 3 amide bonds. The molecule has 2 rings (SSSR count). The van der Waals surface area contributed by atoms with E-state index in [0.29, 0.717) is 18.1 Å². The Morgan fingerprint density at radius 1 is 1.15 bits per heavy atom. The minimum absolute atomic E-state index is 0.121. The topological polar surface area (TPSA) is 110 Å². The lowest BCUT2D eigenvalue weighted by Crippen LogP contribution is -2.46. The molecule has 0 bridgehead atoms. The second kappa shape index (κ2) is 9.27. The third-order valence-corrected chi connectivity index (χ3v) is 3.50. The van der Waals surface area contributed by atoms with E-state index >= 15 is 0 Å². The molecular formula is C18H21N3O6. The van der Waals surface area contributed by atoms with E-state index in [0.717, 1.165) is 0 Å². The van der Waals surface area contributed by atoms with Gasteiger partial charge in [-0.2, -0.15) is 0 Å². The first-order chi connectivity index (χ1) is 13.0. The Bertz CT molecular complexity index is 803. The van der Waals surface area contributed by atoms with Gasteiger partial charge in [-0.1, -0.05) is 0 Å². The molecule has 1 aromatic carbocycles. The molecule has 27 heavy (non-hydrogen) atoms. The molecule has 0 fully saturated rings. The van der Waals surface area contributed by atoms with Crippen LogP contribution in [0.15, 0.2) is 41.0 Å². The second-order valence-corrected chi connectivity index (χ2v) is 5.44. The lowest BCUT2D eigenvalue weighted by Gasteiger charge is -2.16. The number of hydrazine groups is 1. The van der Waals surface area contributed by atoms with Crippen molar-refractivity contribution in [3.05, 3.63) is 47.9 Å². The summed E-state index contributed by atoms with van der Waals surface area (Å²) in [6.07, 6.45) is 1.37. The van der Waals surface area contributed by atoms with Gasteiger partial charge in [0.15, 0.2) is 17.3 Å². The number of benzene rings is 1. The van der Waals surface area contributed by atoms with Crippen LogP contribution in [0.2, 0.25) is 0 Å². The van der Waals surface area contributed by atoms with Crippen LogP contribution in [0.25, 0.3) is 0 Å². The molecule has 1 aromatic heterocycles. The Hall–Kier alpha value is -3.49. The number of nitrogens with one attached hydrogen (secondary N) is 2. The SMILES string of the molecule is CCOc1ccc(C(=O)NNC(=O)CN(C)C(=O)c2ccco2)cc1OC. The summed E-state index contributed by atoms with van der Waals surface area (Å²) in [5.74, 6) is -0.514. The van der Waals surface area contributed by atoms with Gasteiger partial charge in [-0.3, -0.25) is 25.2 Å². The van der Waals surface area contributed by atoms with Crippen LogP contribution in [0.3, 0.4) is 0 Å². The summed E-state index contributed by atoms with van der Waals surface area (Å²) in [7, 11) is 2.91. The predicted octanol–water partition coefficient (Wildman–Crippen LogP) is 1.22. The molecule has 144 valence electrons. The van der Waals surface area contributed by atoms with Gasteiger partial charge in [0.1, 0.15) is 6.54 Å². The van der Waals surface area contributed by atoms with Crippen molar-refractivity contribution < 1.29 is 28.3 Å². The van der Waals surface area contributed by atoms with Crippen LogP contribution < -0.4 is 20.3 Å². The molecule has 2 N–H and O–H groups in total. The van der Waals surface area contributed by atoms with Gasteiger partial charge in [-0.05, 0) is 37.3 Å². The number of carbonyl (C=O) groups excluding carboxylic acids is 3. The first-order valence-corrected chi connectivity index (χ1v) is 8.15. The highest BCUT2D eigenvalue weighted by atomic mass is 16.5. The highest BCUT2D eigenvalue weighted by molar-refractivity contribution is 5.97. The van der Waals surface area contributed by atoms with Crippen molar-refractivity contribution in [3.63, 3.8) is 0 Å². The molecule has 0 aliphatic carbocycles. The van der Waals surface area contributed by atoms with Gasteiger partial charge in [0.2, 0.25) is 0 Å². The number of methoxy groups -OCH3 is 1. The van der Waals surface area contributed by atoms with Gasteiger partial charge in [-0.25, -0.2) is 0 Å². The maximum atomic E-state index is 12.2. The van der Waals surface area contributed by atoms with Crippen LogP contribution in [0.1, 0.15) is 27.8 Å². The average Bonchev–Trinajstić information content (AvgIpc) is 3.20. The molecule has 0 aliphatic heterocycles. The molecule has 1 heterocycles. The van der Waals surface area contributed by atoms with Crippen molar-refractivity contribution >= 4 is 17.7 Å². The van der Waals surface area contributed by atoms with E-state index in [2.05, 4.69) is 10.9 Å². The number of amides is 3. The van der Waals surface area contributed by atoms with Crippen molar-refractivity contribution in [2.24, 2.45) is 0 Å². The highest BCUT2D eigenvalue weighted by Gasteiger charge is 2.18. The van der Waals surface area contributed by atoms with Gasteiger partial charge in [0.05, 0.1) is 20.0 Å². The van der Waals surface area contributed by atoms with Gasteiger partial charge in [0.25, 0.3) is 17.7 Å². The Balaban J connectivity index is 1.89. The summed E-state index contributed by atoms with van der Waals surface area (Å²) in [6, 6.07) is 7.72. The minimum atomic E-state index is -0.566. The van der Waals surface area contributed by atoms with Crippen molar-refractivity contribution in [2.45, 2.75) is 6.92 Å². The largest absolute Gasteiger partial charge is 0.493 e. The van der Waals surface area contributed by atoms with E-state index in [-0.39, 0.29) is 17.9 Å². The second-order valence-electron chi connectivity index (χ2n) is 5.44. The maximum Gasteiger partial charge on any atom is 0.289 e. The molecule has 0 radical (unpaired) electrons. The summed E-state index contributed by atoms with van der Waals surface area (Å²) in [5, 5.41) is 0. The number of carbonyl (C=O) groups is 3. The molecular weight excluding hydrogens is 354 g/mol. The fourth-order valence-corrected chi connectivity index (χ4v) is 2.20. The van der Waals surface area contributed by atoms with Gasteiger partial charge >= 0.3 is 0 Å². The quantitative estimate of drug-likeness (QED) is 0.704. The van der Waals surface area contributed by atoms with Crippen LogP contribution in [0.4, 0.5) is 0 Å². The maximum absolute atomic E-state index is 12.2. The summed E-state index contributed by atoms with van der Waals surface area (Å²) in [6.45, 7) is 2.04. The van der Waals surface area contributed by atoms with Crippen LogP contribution in [-0.4, -0.2) is 49.9 Å². The lowest BCUT2D eigenvalue weighted by atomic mass is 10.2. The van der Waals surface area contributed by atoms with Gasteiger partial charge < -0.3 is 18.8 Å². The molecule has 0 atom stereocenters. The zero-order valence-electron chi connectivity index (χ0n) is 15.3. The summed E-state index contributed by atoms with van der Waals surface area (Å²) in [4.78, 5) is 37.3. The Morgan fingerprint density at radius 2 is 1.93 bits per heavy atom. The number of ether oxygens (including phenoxy) is 2. The molecule has 0 spiro atoms. The minimum Gasteiger partial charge on any atom is -0.493 e. The van der Waals surface area contributed by atoms with E-state index in [1.54, 1.807) is 18.2 Å². The fraction of sp³-hybridized carbons (Fsp3) is 0.278. The number of nitrogens with zero attached hydrogens (tertiary/aromatic N) is 1. The molecule has 0 aliphatic rings. The van der Waals surface area contributed by atoms with E-state index in [9.17, 15) is 14.4 Å². The first-order valence-electron chi connectivity index (χ1n) is 8.15. The third-order valence-electron chi connectivity index (χ3n) is 3.50. The number of hydrogen-bond donors (Lipinski definition) is 2. The number of hydrogen-bond acceptors (Lipinski definition) is 6. The average molecular weight is 375 g/mol. The van der Waals surface area contributed by atoms with Gasteiger partial charge in [0, 0.05) is 12.6 Å². The van der Waals surface area contributed by atoms with E-state index in [4.69, 9.17) is 13.9 Å². The standard InChI is InChI=1S/C18H21N3O6/c1-4-26-13-8-7-12(10-15(13)25-3)17(23)20-19-16(22)11-21(2)18(24)14-6-5-9-27-14/h5-10H,4,11H2,1-3H3,(H,19,22)(H,20,23). The Morgan fingerprint density at radius 3 is 2.56 bits per heavy atom. The highest BCUT2D eigenvalue weighted by Crippen LogP contribution is 2.27. The first kappa shape index (κ1) is 19.8. The van der Waals surface area contributed by atoms with E-state index in [1.807, 2.05) is 6.92 Å². The number of likely N-dealkylation sites (N-methyl/N-ethyl adjacent to an activating group) is 1. The predicted molar refractivity (Wildman–Crippen MR) is 95.4 cm³/mol. The van der Waals surface area contributed by atoms with Crippen LogP contribution in [0.5, 0.6) is 11.5 Å². The smallest absolute Gasteiger partial charge is 0.289 e. The van der Waals surface area contributed by atoms with E-state index in [1.165, 1.54) is 37.5 Å². The Labute approximate surface area is 156 Å². The van der Waals surface area contributed by atoms with Gasteiger partial charge in [-0.15, -0.1) is 0 Å². The Kier molecular flexibility index (Phi) is 6.81. The monoisotopic (exact) mass is 375 g/mol. The van der Waals surface area contributed by atoms with E-state index < -0.39 is 17.7 Å². The summed E-state index contributed by atoms with van der Waals surface area (Å²) >= 11 is 0. The van der Waals surface area contributed by atoms with Crippen LogP contribution in [-0.2, 0) is 4.79 Å². The van der Waals surface area contributed by atoms with Crippen molar-refractivity contribution in [2.75, 3.05) is 27.3 Å². The molecule has 0 saturated heterocycles. The molecule has 9 nitrogen and oxygen atoms in total. The molecule has 2 aromatic rings. The van der Waals surface area contributed by atoms with Crippen molar-refractivity contribution in [1.29, 1.82) is 0 Å². The summed E-state index contributed by atoms with van der Waals surface area (Å²) < 4.78 is 15.6. The molecule has 0 saturated carbocycles. The fourth-order valence-electron chi connectivity index (χ4n) is 2.20. The molecule has 9 heteroatoms. The zero-order chi connectivity index (χ0) is 19.8. The normalized spacial score (nSPS) is 10.0. The lowest BCUT2D eigenvalue weighted by molar-refractivity contribution is -0.122. The summed E-state index contributed by atoms with van der Waals surface area (Å²) in [5.41, 5.74) is 4.81. The third kappa shape index (κ3) is 5.24. The van der Waals surface area contributed by atoms with Crippen LogP contribution in [0, 0.1) is 0 Å². The number of furan rings is 1. The van der Waals surface area contributed by atoms with Crippen molar-refractivity contribution in [3.8, 4) is 11.5 Å². The molecule has 0 unspecified atom stereocenters.